The van der Waals surface area contributed by atoms with Crippen molar-refractivity contribution in [2.24, 2.45) is 5.41 Å². The first-order chi connectivity index (χ1) is 7.06. The van der Waals surface area contributed by atoms with Gasteiger partial charge in [0.1, 0.15) is 0 Å². The van der Waals surface area contributed by atoms with Crippen LogP contribution < -0.4 is 0 Å². The molecule has 1 aromatic rings. The third kappa shape index (κ3) is 1.69. The average Bonchev–Trinajstić information content (AvgIpc) is 2.24. The van der Waals surface area contributed by atoms with E-state index < -0.39 is 0 Å². The van der Waals surface area contributed by atoms with Crippen molar-refractivity contribution in [2.45, 2.75) is 39.2 Å². The highest BCUT2D eigenvalue weighted by molar-refractivity contribution is 5.24. The summed E-state index contributed by atoms with van der Waals surface area (Å²) in [6.45, 7) is 7.72. The number of benzene rings is 1. The first-order valence-corrected chi connectivity index (χ1v) is 5.76. The molecule has 0 N–H and O–H groups in total. The summed E-state index contributed by atoms with van der Waals surface area (Å²) in [5, 5.41) is 0. The fourth-order valence-corrected chi connectivity index (χ4v) is 2.45. The van der Waals surface area contributed by atoms with Gasteiger partial charge in [-0.05, 0) is 30.7 Å². The van der Waals surface area contributed by atoms with Crippen LogP contribution in [0.2, 0.25) is 0 Å². The van der Waals surface area contributed by atoms with Crippen LogP contribution in [0.3, 0.4) is 0 Å². The molecule has 0 aromatic heterocycles. The van der Waals surface area contributed by atoms with Gasteiger partial charge in [-0.3, -0.25) is 0 Å². The Morgan fingerprint density at radius 2 is 1.73 bits per heavy atom. The maximum Gasteiger partial charge on any atom is 0.0953 e. The maximum atomic E-state index is 6.07. The summed E-state index contributed by atoms with van der Waals surface area (Å²) in [6.07, 6.45) is 2.41. The topological polar surface area (TPSA) is 9.23 Å². The molecule has 0 amide bonds. The summed E-state index contributed by atoms with van der Waals surface area (Å²) in [6, 6.07) is 10.6. The molecule has 15 heavy (non-hydrogen) atoms. The van der Waals surface area contributed by atoms with Crippen molar-refractivity contribution in [3.8, 4) is 0 Å². The van der Waals surface area contributed by atoms with Crippen molar-refractivity contribution in [1.29, 1.82) is 0 Å². The zero-order valence-corrected chi connectivity index (χ0v) is 9.92. The van der Waals surface area contributed by atoms with Gasteiger partial charge in [0, 0.05) is 6.61 Å². The van der Waals surface area contributed by atoms with E-state index in [1.54, 1.807) is 0 Å². The Hall–Kier alpha value is -0.820. The van der Waals surface area contributed by atoms with E-state index in [0.29, 0.717) is 0 Å². The van der Waals surface area contributed by atoms with Gasteiger partial charge in [0.2, 0.25) is 0 Å². The van der Waals surface area contributed by atoms with E-state index in [9.17, 15) is 0 Å². The second-order valence-electron chi connectivity index (χ2n) is 5.24. The molecule has 0 bridgehead atoms. The first kappa shape index (κ1) is 10.7. The van der Waals surface area contributed by atoms with Crippen LogP contribution in [0.4, 0.5) is 0 Å². The Balaban J connectivity index is 2.40. The molecular formula is C14H20O. The maximum absolute atomic E-state index is 6.07. The Labute approximate surface area is 92.5 Å². The van der Waals surface area contributed by atoms with Gasteiger partial charge >= 0.3 is 0 Å². The smallest absolute Gasteiger partial charge is 0.0953 e. The van der Waals surface area contributed by atoms with Crippen LogP contribution in [0.25, 0.3) is 0 Å². The lowest BCUT2D eigenvalue weighted by Gasteiger charge is -2.48. The molecule has 1 saturated heterocycles. The van der Waals surface area contributed by atoms with E-state index in [1.807, 2.05) is 0 Å². The van der Waals surface area contributed by atoms with E-state index in [-0.39, 0.29) is 11.0 Å². The molecule has 1 nitrogen and oxygen atoms in total. The standard InChI is InChI=1S/C14H20O/c1-13(2)10-7-11-15-14(13,3)12-8-5-4-6-9-12/h4-6,8-9H,7,10-11H2,1-3H3. The summed E-state index contributed by atoms with van der Waals surface area (Å²) < 4.78 is 6.07. The molecular weight excluding hydrogens is 184 g/mol. The van der Waals surface area contributed by atoms with Crippen LogP contribution in [0, 0.1) is 5.41 Å². The van der Waals surface area contributed by atoms with Crippen molar-refractivity contribution < 1.29 is 4.74 Å². The SMILES string of the molecule is CC1(C)CCCOC1(C)c1ccccc1. The van der Waals surface area contributed by atoms with E-state index in [1.165, 1.54) is 18.4 Å². The molecule has 0 saturated carbocycles. The molecule has 0 spiro atoms. The van der Waals surface area contributed by atoms with Crippen molar-refractivity contribution >= 4 is 0 Å². The fourth-order valence-electron chi connectivity index (χ4n) is 2.45. The zero-order chi connectivity index (χ0) is 10.9. The number of hydrogen-bond donors (Lipinski definition) is 0. The lowest BCUT2D eigenvalue weighted by molar-refractivity contribution is -0.152. The molecule has 2 rings (SSSR count). The first-order valence-electron chi connectivity index (χ1n) is 5.76. The molecule has 1 aliphatic heterocycles. The van der Waals surface area contributed by atoms with E-state index >= 15 is 0 Å². The third-order valence-corrected chi connectivity index (χ3v) is 3.95. The number of rotatable bonds is 1. The van der Waals surface area contributed by atoms with Crippen LogP contribution >= 0.6 is 0 Å². The van der Waals surface area contributed by atoms with Crippen molar-refractivity contribution in [2.75, 3.05) is 6.61 Å². The summed E-state index contributed by atoms with van der Waals surface area (Å²) in [7, 11) is 0. The van der Waals surface area contributed by atoms with Gasteiger partial charge in [0.05, 0.1) is 5.60 Å². The summed E-state index contributed by atoms with van der Waals surface area (Å²) in [4.78, 5) is 0. The average molecular weight is 204 g/mol. The quantitative estimate of drug-likeness (QED) is 0.677. The minimum Gasteiger partial charge on any atom is -0.370 e. The van der Waals surface area contributed by atoms with Gasteiger partial charge in [-0.25, -0.2) is 0 Å². The van der Waals surface area contributed by atoms with Crippen molar-refractivity contribution in [3.05, 3.63) is 35.9 Å². The highest BCUT2D eigenvalue weighted by atomic mass is 16.5. The molecule has 1 fully saturated rings. The Kier molecular flexibility index (Phi) is 2.59. The molecule has 1 aromatic carbocycles. The van der Waals surface area contributed by atoms with Gasteiger partial charge < -0.3 is 4.74 Å². The molecule has 1 aliphatic rings. The third-order valence-electron chi connectivity index (χ3n) is 3.95. The normalized spacial score (nSPS) is 30.1. The molecule has 1 unspecified atom stereocenters. The van der Waals surface area contributed by atoms with Crippen LogP contribution in [0.15, 0.2) is 30.3 Å². The van der Waals surface area contributed by atoms with Gasteiger partial charge in [-0.15, -0.1) is 0 Å². The summed E-state index contributed by atoms with van der Waals surface area (Å²) in [5.74, 6) is 0. The lowest BCUT2D eigenvalue weighted by Crippen LogP contribution is -2.45. The lowest BCUT2D eigenvalue weighted by atomic mass is 9.68. The van der Waals surface area contributed by atoms with Crippen LogP contribution in [0.1, 0.15) is 39.2 Å². The van der Waals surface area contributed by atoms with E-state index in [0.717, 1.165) is 6.61 Å². The highest BCUT2D eigenvalue weighted by Crippen LogP contribution is 2.48. The predicted octanol–water partition coefficient (Wildman–Crippen LogP) is 3.74. The van der Waals surface area contributed by atoms with E-state index in [4.69, 9.17) is 4.74 Å². The Morgan fingerprint density at radius 3 is 2.33 bits per heavy atom. The largest absolute Gasteiger partial charge is 0.370 e. The van der Waals surface area contributed by atoms with Gasteiger partial charge in [-0.2, -0.15) is 0 Å². The molecule has 1 heterocycles. The monoisotopic (exact) mass is 204 g/mol. The second-order valence-corrected chi connectivity index (χ2v) is 5.24. The van der Waals surface area contributed by atoms with Crippen LogP contribution in [0.5, 0.6) is 0 Å². The van der Waals surface area contributed by atoms with Gasteiger partial charge in [0.15, 0.2) is 0 Å². The minimum absolute atomic E-state index is 0.132. The van der Waals surface area contributed by atoms with Crippen molar-refractivity contribution in [1.82, 2.24) is 0 Å². The van der Waals surface area contributed by atoms with Gasteiger partial charge in [0.25, 0.3) is 0 Å². The molecule has 1 heteroatoms. The van der Waals surface area contributed by atoms with E-state index in [2.05, 4.69) is 51.1 Å². The fraction of sp³-hybridized carbons (Fsp3) is 0.571. The number of hydrogen-bond acceptors (Lipinski definition) is 1. The number of ether oxygens (including phenoxy) is 1. The summed E-state index contributed by atoms with van der Waals surface area (Å²) in [5.41, 5.74) is 1.38. The van der Waals surface area contributed by atoms with Crippen LogP contribution in [-0.2, 0) is 10.3 Å². The molecule has 0 radical (unpaired) electrons. The minimum atomic E-state index is -0.132. The molecule has 1 atom stereocenters. The van der Waals surface area contributed by atoms with Crippen molar-refractivity contribution in [3.63, 3.8) is 0 Å². The Morgan fingerprint density at radius 1 is 1.07 bits per heavy atom. The highest BCUT2D eigenvalue weighted by Gasteiger charge is 2.45. The Bertz CT molecular complexity index is 328. The van der Waals surface area contributed by atoms with Gasteiger partial charge in [-0.1, -0.05) is 44.2 Å². The predicted molar refractivity (Wildman–Crippen MR) is 62.8 cm³/mol. The second kappa shape index (κ2) is 3.64. The summed E-state index contributed by atoms with van der Waals surface area (Å²) >= 11 is 0. The van der Waals surface area contributed by atoms with Crippen LogP contribution in [-0.4, -0.2) is 6.61 Å². The molecule has 82 valence electrons. The molecule has 0 aliphatic carbocycles. The zero-order valence-electron chi connectivity index (χ0n) is 9.92.